The molecule has 1 amide bonds. The number of H-pyrrole nitrogens is 2. The van der Waals surface area contributed by atoms with Gasteiger partial charge in [-0.1, -0.05) is 0 Å². The molecular formula is C19H16N4O5S. The van der Waals surface area contributed by atoms with Crippen molar-refractivity contribution in [3.63, 3.8) is 0 Å². The number of nitrogens with one attached hydrogen (secondary N) is 4. The number of aromatic nitrogens is 2. The third-order valence-electron chi connectivity index (χ3n) is 4.20. The fourth-order valence-corrected chi connectivity index (χ4v) is 3.85. The van der Waals surface area contributed by atoms with Crippen molar-refractivity contribution in [2.45, 2.75) is 11.4 Å². The Morgan fingerprint density at radius 1 is 1.00 bits per heavy atom. The fourth-order valence-electron chi connectivity index (χ4n) is 2.77. The van der Waals surface area contributed by atoms with Gasteiger partial charge in [-0.15, -0.1) is 0 Å². The maximum atomic E-state index is 12.6. The summed E-state index contributed by atoms with van der Waals surface area (Å²) in [5.74, 6) is 0.320. The Morgan fingerprint density at radius 3 is 2.48 bits per heavy atom. The largest absolute Gasteiger partial charge is 0.467 e. The van der Waals surface area contributed by atoms with E-state index in [-0.39, 0.29) is 17.3 Å². The highest BCUT2D eigenvalue weighted by Gasteiger charge is 2.16. The number of aromatic amines is 2. The highest BCUT2D eigenvalue weighted by atomic mass is 32.2. The SMILES string of the molecule is O=C(NCc1ccco1)c1ccc(NS(=O)(=O)c2ccc3[nH]c(=O)[nH]c3c2)cc1. The second kappa shape index (κ2) is 7.32. The predicted octanol–water partition coefficient (Wildman–Crippen LogP) is 2.18. The van der Waals surface area contributed by atoms with Crippen molar-refractivity contribution < 1.29 is 17.6 Å². The Bertz CT molecular complexity index is 1320. The number of benzene rings is 2. The smallest absolute Gasteiger partial charge is 0.323 e. The number of furan rings is 1. The van der Waals surface area contributed by atoms with E-state index in [0.717, 1.165) is 0 Å². The molecule has 9 nitrogen and oxygen atoms in total. The fraction of sp³-hybridized carbons (Fsp3) is 0.0526. The van der Waals surface area contributed by atoms with E-state index in [4.69, 9.17) is 4.42 Å². The summed E-state index contributed by atoms with van der Waals surface area (Å²) in [7, 11) is -3.87. The molecule has 148 valence electrons. The molecule has 0 spiro atoms. The molecule has 0 saturated heterocycles. The summed E-state index contributed by atoms with van der Waals surface area (Å²) < 4.78 is 32.8. The summed E-state index contributed by atoms with van der Waals surface area (Å²) in [6.45, 7) is 0.254. The van der Waals surface area contributed by atoms with Gasteiger partial charge < -0.3 is 19.7 Å². The van der Waals surface area contributed by atoms with E-state index in [2.05, 4.69) is 20.0 Å². The van der Waals surface area contributed by atoms with E-state index in [1.807, 2.05) is 0 Å². The molecule has 0 aliphatic heterocycles. The lowest BCUT2D eigenvalue weighted by molar-refractivity contribution is 0.0948. The number of imidazole rings is 1. The zero-order valence-corrected chi connectivity index (χ0v) is 15.7. The van der Waals surface area contributed by atoms with Crippen LogP contribution in [0.15, 0.2) is 75.0 Å². The highest BCUT2D eigenvalue weighted by Crippen LogP contribution is 2.19. The van der Waals surface area contributed by atoms with E-state index in [9.17, 15) is 18.0 Å². The third kappa shape index (κ3) is 4.06. The van der Waals surface area contributed by atoms with Gasteiger partial charge in [0.2, 0.25) is 0 Å². The Hall–Kier alpha value is -3.79. The van der Waals surface area contributed by atoms with E-state index in [1.165, 1.54) is 48.7 Å². The second-order valence-corrected chi connectivity index (χ2v) is 7.91. The second-order valence-electron chi connectivity index (χ2n) is 6.23. The van der Waals surface area contributed by atoms with E-state index in [1.54, 1.807) is 12.1 Å². The number of carbonyl (C=O) groups excluding carboxylic acids is 1. The predicted molar refractivity (Wildman–Crippen MR) is 106 cm³/mol. The molecule has 0 radical (unpaired) electrons. The van der Waals surface area contributed by atoms with E-state index in [0.29, 0.717) is 28.0 Å². The lowest BCUT2D eigenvalue weighted by Gasteiger charge is -2.09. The molecule has 0 bridgehead atoms. The summed E-state index contributed by atoms with van der Waals surface area (Å²) in [5.41, 5.74) is 1.17. The number of amides is 1. The van der Waals surface area contributed by atoms with Crippen LogP contribution in [0.4, 0.5) is 5.69 Å². The van der Waals surface area contributed by atoms with Crippen molar-refractivity contribution >= 4 is 32.7 Å². The van der Waals surface area contributed by atoms with Crippen molar-refractivity contribution in [3.05, 3.63) is 82.7 Å². The van der Waals surface area contributed by atoms with E-state index < -0.39 is 15.7 Å². The van der Waals surface area contributed by atoms with E-state index >= 15 is 0 Å². The minimum absolute atomic E-state index is 0.000479. The Morgan fingerprint density at radius 2 is 1.76 bits per heavy atom. The van der Waals surface area contributed by atoms with Crippen LogP contribution < -0.4 is 15.7 Å². The standard InChI is InChI=1S/C19H16N4O5S/c24-18(20-11-14-2-1-9-28-14)12-3-5-13(6-4-12)23-29(26,27)15-7-8-16-17(10-15)22-19(25)21-16/h1-10,23H,11H2,(H,20,24)(H2,21,22,25). The maximum Gasteiger partial charge on any atom is 0.323 e. The summed E-state index contributed by atoms with van der Waals surface area (Å²) in [4.78, 5) is 28.6. The van der Waals surface area contributed by atoms with Crippen LogP contribution in [0.3, 0.4) is 0 Å². The molecule has 0 aliphatic rings. The van der Waals surface area contributed by atoms with Gasteiger partial charge in [-0.05, 0) is 54.6 Å². The van der Waals surface area contributed by atoms with Gasteiger partial charge in [-0.3, -0.25) is 9.52 Å². The molecule has 10 heteroatoms. The molecule has 2 aromatic carbocycles. The Balaban J connectivity index is 1.46. The lowest BCUT2D eigenvalue weighted by atomic mass is 10.2. The summed E-state index contributed by atoms with van der Waals surface area (Å²) in [5, 5.41) is 2.71. The van der Waals surface area contributed by atoms with Crippen molar-refractivity contribution in [2.24, 2.45) is 0 Å². The molecule has 29 heavy (non-hydrogen) atoms. The third-order valence-corrected chi connectivity index (χ3v) is 5.58. The van der Waals surface area contributed by atoms with Crippen molar-refractivity contribution in [1.29, 1.82) is 0 Å². The van der Waals surface area contributed by atoms with Crippen LogP contribution in [0.2, 0.25) is 0 Å². The van der Waals surface area contributed by atoms with Gasteiger partial charge in [0.15, 0.2) is 0 Å². The van der Waals surface area contributed by atoms with Gasteiger partial charge >= 0.3 is 5.69 Å². The molecule has 0 unspecified atom stereocenters. The van der Waals surface area contributed by atoms with Gasteiger partial charge in [0.05, 0.1) is 28.7 Å². The molecule has 4 rings (SSSR count). The molecule has 0 atom stereocenters. The highest BCUT2D eigenvalue weighted by molar-refractivity contribution is 7.92. The first kappa shape index (κ1) is 18.6. The number of fused-ring (bicyclic) bond motifs is 1. The van der Waals surface area contributed by atoms with Crippen LogP contribution in [-0.4, -0.2) is 24.3 Å². The number of anilines is 1. The van der Waals surface area contributed by atoms with Gasteiger partial charge in [-0.25, -0.2) is 13.2 Å². The molecule has 4 N–H and O–H groups in total. The van der Waals surface area contributed by atoms with Crippen LogP contribution in [0.1, 0.15) is 16.1 Å². The Kier molecular flexibility index (Phi) is 4.69. The number of hydrogen-bond donors (Lipinski definition) is 4. The molecule has 0 aliphatic carbocycles. The Labute approximate surface area is 164 Å². The van der Waals surface area contributed by atoms with Gasteiger partial charge in [0, 0.05) is 11.3 Å². The lowest BCUT2D eigenvalue weighted by Crippen LogP contribution is -2.22. The first-order chi connectivity index (χ1) is 13.9. The topological polar surface area (TPSA) is 137 Å². The average molecular weight is 412 g/mol. The number of sulfonamides is 1. The molecule has 2 heterocycles. The minimum atomic E-state index is -3.87. The zero-order chi connectivity index (χ0) is 20.4. The average Bonchev–Trinajstić information content (AvgIpc) is 3.34. The van der Waals surface area contributed by atoms with Crippen molar-refractivity contribution in [3.8, 4) is 0 Å². The molecule has 4 aromatic rings. The van der Waals surface area contributed by atoms with Crippen molar-refractivity contribution in [2.75, 3.05) is 4.72 Å². The normalized spacial score (nSPS) is 11.4. The molecule has 0 saturated carbocycles. The van der Waals surface area contributed by atoms with Gasteiger partial charge in [-0.2, -0.15) is 0 Å². The molecular weight excluding hydrogens is 396 g/mol. The van der Waals surface area contributed by atoms with Crippen LogP contribution in [0.5, 0.6) is 0 Å². The number of carbonyl (C=O) groups is 1. The summed E-state index contributed by atoms with van der Waals surface area (Å²) in [6.07, 6.45) is 1.52. The van der Waals surface area contributed by atoms with Crippen molar-refractivity contribution in [1.82, 2.24) is 15.3 Å². The van der Waals surface area contributed by atoms with Gasteiger partial charge in [0.25, 0.3) is 15.9 Å². The van der Waals surface area contributed by atoms with Crippen LogP contribution in [-0.2, 0) is 16.6 Å². The monoisotopic (exact) mass is 412 g/mol. The van der Waals surface area contributed by atoms with Crippen LogP contribution >= 0.6 is 0 Å². The number of rotatable bonds is 6. The molecule has 2 aromatic heterocycles. The van der Waals surface area contributed by atoms with Gasteiger partial charge in [0.1, 0.15) is 5.76 Å². The number of hydrogen-bond acceptors (Lipinski definition) is 5. The van der Waals surface area contributed by atoms with Crippen LogP contribution in [0.25, 0.3) is 11.0 Å². The maximum absolute atomic E-state index is 12.6. The zero-order valence-electron chi connectivity index (χ0n) is 14.9. The minimum Gasteiger partial charge on any atom is -0.467 e. The molecule has 0 fully saturated rings. The first-order valence-corrected chi connectivity index (χ1v) is 10.0. The van der Waals surface area contributed by atoms with Crippen LogP contribution in [0, 0.1) is 0 Å². The summed E-state index contributed by atoms with van der Waals surface area (Å²) >= 11 is 0. The summed E-state index contributed by atoms with van der Waals surface area (Å²) in [6, 6.07) is 13.8. The first-order valence-electron chi connectivity index (χ1n) is 8.56. The quantitative estimate of drug-likeness (QED) is 0.385.